The first-order valence-electron chi connectivity index (χ1n) is 9.99. The molecule has 3 aromatic heterocycles. The highest BCUT2D eigenvalue weighted by Gasteiger charge is 2.40. The van der Waals surface area contributed by atoms with Crippen molar-refractivity contribution in [1.82, 2.24) is 24.7 Å². The molecule has 4 heterocycles. The van der Waals surface area contributed by atoms with E-state index in [-0.39, 0.29) is 28.4 Å². The van der Waals surface area contributed by atoms with Gasteiger partial charge in [-0.05, 0) is 39.0 Å². The fourth-order valence-electron chi connectivity index (χ4n) is 3.96. The van der Waals surface area contributed by atoms with Gasteiger partial charge in [0, 0.05) is 23.7 Å². The van der Waals surface area contributed by atoms with Crippen molar-refractivity contribution in [1.29, 1.82) is 0 Å². The minimum Gasteiger partial charge on any atom is -0.406 e. The molecule has 0 saturated carbocycles. The predicted octanol–water partition coefficient (Wildman–Crippen LogP) is 3.83. The Labute approximate surface area is 189 Å². The molecular formula is C22H15F3N6O3. The van der Waals surface area contributed by atoms with Crippen molar-refractivity contribution < 1.29 is 27.5 Å². The highest BCUT2D eigenvalue weighted by atomic mass is 19.4. The van der Waals surface area contributed by atoms with Crippen LogP contribution in [0.3, 0.4) is 0 Å². The van der Waals surface area contributed by atoms with Gasteiger partial charge < -0.3 is 4.74 Å². The zero-order valence-corrected chi connectivity index (χ0v) is 18.0. The zero-order valence-electron chi connectivity index (χ0n) is 18.0. The maximum absolute atomic E-state index is 13.4. The molecule has 172 valence electrons. The van der Waals surface area contributed by atoms with Crippen LogP contribution in [-0.2, 0) is 0 Å². The van der Waals surface area contributed by atoms with E-state index in [4.69, 9.17) is 0 Å². The van der Waals surface area contributed by atoms with Gasteiger partial charge in [0.25, 0.3) is 17.8 Å². The molecule has 1 aromatic carbocycles. The summed E-state index contributed by atoms with van der Waals surface area (Å²) in [6.07, 6.45) is -3.67. The van der Waals surface area contributed by atoms with E-state index in [0.29, 0.717) is 22.5 Å². The summed E-state index contributed by atoms with van der Waals surface area (Å²) in [5.74, 6) is -1.72. The van der Waals surface area contributed by atoms with Gasteiger partial charge in [-0.15, -0.1) is 13.2 Å². The number of aryl methyl sites for hydroxylation is 3. The summed E-state index contributed by atoms with van der Waals surface area (Å²) in [6, 6.07) is 6.44. The van der Waals surface area contributed by atoms with Gasteiger partial charge >= 0.3 is 6.36 Å². The van der Waals surface area contributed by atoms with Crippen LogP contribution in [0.15, 0.2) is 36.5 Å². The molecule has 0 spiro atoms. The van der Waals surface area contributed by atoms with Gasteiger partial charge in [0.2, 0.25) is 0 Å². The Morgan fingerprint density at radius 2 is 1.68 bits per heavy atom. The van der Waals surface area contributed by atoms with Crippen molar-refractivity contribution in [2.45, 2.75) is 27.1 Å². The van der Waals surface area contributed by atoms with E-state index in [2.05, 4.69) is 24.8 Å². The largest absolute Gasteiger partial charge is 0.573 e. The zero-order chi connectivity index (χ0) is 24.4. The van der Waals surface area contributed by atoms with Crippen LogP contribution in [-0.4, -0.2) is 42.9 Å². The van der Waals surface area contributed by atoms with Gasteiger partial charge in [0.05, 0.1) is 27.9 Å². The molecule has 9 nitrogen and oxygen atoms in total. The molecule has 0 bridgehead atoms. The van der Waals surface area contributed by atoms with Crippen LogP contribution in [0.5, 0.6) is 5.75 Å². The van der Waals surface area contributed by atoms with Crippen molar-refractivity contribution in [2.24, 2.45) is 0 Å². The third kappa shape index (κ3) is 3.43. The number of benzene rings is 1. The molecule has 1 aliphatic rings. The summed E-state index contributed by atoms with van der Waals surface area (Å²) < 4.78 is 43.2. The molecule has 0 atom stereocenters. The number of alkyl halides is 3. The summed E-state index contributed by atoms with van der Waals surface area (Å²) in [5.41, 5.74) is 2.13. The number of carbonyl (C=O) groups is 2. The number of pyridine rings is 1. The molecule has 0 saturated heterocycles. The van der Waals surface area contributed by atoms with Crippen LogP contribution in [0, 0.1) is 20.8 Å². The van der Waals surface area contributed by atoms with Crippen LogP contribution in [0.1, 0.15) is 37.8 Å². The normalized spacial score (nSPS) is 13.6. The average Bonchev–Trinajstić information content (AvgIpc) is 3.20. The lowest BCUT2D eigenvalue weighted by Crippen LogP contribution is -2.29. The molecule has 0 radical (unpaired) electrons. The van der Waals surface area contributed by atoms with E-state index >= 15 is 0 Å². The smallest absolute Gasteiger partial charge is 0.406 e. The summed E-state index contributed by atoms with van der Waals surface area (Å²) in [5, 5.41) is 4.77. The van der Waals surface area contributed by atoms with Crippen LogP contribution in [0.25, 0.3) is 17.0 Å². The second-order valence-electron chi connectivity index (χ2n) is 7.68. The lowest BCUT2D eigenvalue weighted by atomic mass is 10.1. The van der Waals surface area contributed by atoms with Gasteiger partial charge in [-0.1, -0.05) is 6.07 Å². The van der Waals surface area contributed by atoms with Gasteiger partial charge in [-0.2, -0.15) is 9.78 Å². The van der Waals surface area contributed by atoms with Gasteiger partial charge in [0.1, 0.15) is 5.75 Å². The number of hydrogen-bond donors (Lipinski definition) is 0. The minimum atomic E-state index is -4.92. The van der Waals surface area contributed by atoms with Gasteiger partial charge in [0.15, 0.2) is 5.65 Å². The monoisotopic (exact) mass is 468 g/mol. The number of amides is 2. The lowest BCUT2D eigenvalue weighted by molar-refractivity contribution is -0.274. The Kier molecular flexibility index (Phi) is 4.64. The summed E-state index contributed by atoms with van der Waals surface area (Å²) in [4.78, 5) is 40.3. The number of ether oxygens (including phenoxy) is 1. The van der Waals surface area contributed by atoms with Crippen molar-refractivity contribution in [3.8, 4) is 11.7 Å². The maximum Gasteiger partial charge on any atom is 0.573 e. The second-order valence-corrected chi connectivity index (χ2v) is 7.68. The molecule has 1 aliphatic heterocycles. The Bertz CT molecular complexity index is 1490. The fourth-order valence-corrected chi connectivity index (χ4v) is 3.96. The van der Waals surface area contributed by atoms with Crippen LogP contribution >= 0.6 is 0 Å². The Morgan fingerprint density at radius 3 is 2.35 bits per heavy atom. The number of rotatable bonds is 3. The summed E-state index contributed by atoms with van der Waals surface area (Å²) in [7, 11) is 0. The Hall–Kier alpha value is -4.35. The van der Waals surface area contributed by atoms with Crippen LogP contribution in [0.2, 0.25) is 0 Å². The predicted molar refractivity (Wildman–Crippen MR) is 113 cm³/mol. The molecule has 0 unspecified atom stereocenters. The molecule has 2 amide bonds. The van der Waals surface area contributed by atoms with E-state index in [1.54, 1.807) is 26.8 Å². The van der Waals surface area contributed by atoms with E-state index < -0.39 is 23.9 Å². The number of fused-ring (bicyclic) bond motifs is 3. The first-order valence-corrected chi connectivity index (χ1v) is 9.99. The third-order valence-corrected chi connectivity index (χ3v) is 5.19. The quantitative estimate of drug-likeness (QED) is 0.421. The average molecular weight is 468 g/mol. The van der Waals surface area contributed by atoms with Crippen molar-refractivity contribution in [2.75, 3.05) is 4.90 Å². The third-order valence-electron chi connectivity index (χ3n) is 5.19. The Balaban J connectivity index is 1.63. The highest BCUT2D eigenvalue weighted by molar-refractivity contribution is 6.37. The standard InChI is InChI=1S/C22H15F3N6O3/c1-10-7-11(2)28-21(27-10)31-18-16(12(3)29-31)17-15(9-26-18)19(32)30(20(17)33)13-5-4-6-14(8-13)34-22(23,24)25/h4-9H,1-3H3. The topological polar surface area (TPSA) is 103 Å². The molecule has 34 heavy (non-hydrogen) atoms. The van der Waals surface area contributed by atoms with Crippen molar-refractivity contribution in [3.63, 3.8) is 0 Å². The molecular weight excluding hydrogens is 453 g/mol. The fraction of sp³-hybridized carbons (Fsp3) is 0.182. The van der Waals surface area contributed by atoms with Crippen LogP contribution in [0.4, 0.5) is 18.9 Å². The molecule has 4 aromatic rings. The number of aromatic nitrogens is 5. The Morgan fingerprint density at radius 1 is 0.971 bits per heavy atom. The van der Waals surface area contributed by atoms with Crippen LogP contribution < -0.4 is 9.64 Å². The maximum atomic E-state index is 13.4. The van der Waals surface area contributed by atoms with E-state index in [0.717, 1.165) is 17.0 Å². The molecule has 5 rings (SSSR count). The molecule has 0 N–H and O–H groups in total. The first kappa shape index (κ1) is 21.5. The van der Waals surface area contributed by atoms with E-state index in [1.807, 2.05) is 0 Å². The number of nitrogens with zero attached hydrogens (tertiary/aromatic N) is 6. The number of halogens is 3. The van der Waals surface area contributed by atoms with E-state index in [1.165, 1.54) is 23.0 Å². The SMILES string of the molecule is Cc1cc(C)nc(-n2nc(C)c3c4c(cnc32)C(=O)N(c2cccc(OC(F)(F)F)c2)C4=O)n1. The van der Waals surface area contributed by atoms with Gasteiger partial charge in [-0.3, -0.25) is 9.59 Å². The summed E-state index contributed by atoms with van der Waals surface area (Å²) in [6.45, 7) is 5.26. The number of anilines is 1. The number of imide groups is 1. The number of carbonyl (C=O) groups excluding carboxylic acids is 2. The first-order chi connectivity index (χ1) is 16.0. The van der Waals surface area contributed by atoms with Crippen molar-refractivity contribution in [3.05, 3.63) is 64.7 Å². The molecule has 0 aliphatic carbocycles. The van der Waals surface area contributed by atoms with Gasteiger partial charge in [-0.25, -0.2) is 19.9 Å². The minimum absolute atomic E-state index is 0.0173. The van der Waals surface area contributed by atoms with E-state index in [9.17, 15) is 22.8 Å². The number of hydrogen-bond acceptors (Lipinski definition) is 7. The van der Waals surface area contributed by atoms with Crippen molar-refractivity contribution >= 4 is 28.5 Å². The molecule has 0 fully saturated rings. The lowest BCUT2D eigenvalue weighted by Gasteiger charge is -2.15. The second kappa shape index (κ2) is 7.33. The molecule has 12 heteroatoms. The summed E-state index contributed by atoms with van der Waals surface area (Å²) >= 11 is 0. The highest BCUT2D eigenvalue weighted by Crippen LogP contribution is 2.36.